The van der Waals surface area contributed by atoms with Crippen molar-refractivity contribution in [1.29, 1.82) is 0 Å². The summed E-state index contributed by atoms with van der Waals surface area (Å²) in [5, 5.41) is 9.96. The third-order valence-corrected chi connectivity index (χ3v) is 9.34. The van der Waals surface area contributed by atoms with Gasteiger partial charge in [0.2, 0.25) is 0 Å². The zero-order valence-electron chi connectivity index (χ0n) is 22.0. The molecule has 192 valence electrons. The number of hydrogen-bond acceptors (Lipinski definition) is 3. The fourth-order valence-corrected chi connectivity index (χ4v) is 7.41. The van der Waals surface area contributed by atoms with E-state index in [9.17, 15) is 0 Å². The Bertz CT molecular complexity index is 2430. The number of thiophene rings is 1. The predicted molar refractivity (Wildman–Crippen MR) is 176 cm³/mol. The van der Waals surface area contributed by atoms with E-state index in [1.807, 2.05) is 23.5 Å². The van der Waals surface area contributed by atoms with Gasteiger partial charge >= 0.3 is 0 Å². The van der Waals surface area contributed by atoms with Crippen molar-refractivity contribution in [2.45, 2.75) is 0 Å². The number of anilines is 3. The molecule has 2 aromatic heterocycles. The molecule has 0 aliphatic carbocycles. The number of rotatable bonds is 3. The van der Waals surface area contributed by atoms with Crippen LogP contribution in [0.4, 0.5) is 17.1 Å². The van der Waals surface area contributed by atoms with E-state index in [4.69, 9.17) is 4.42 Å². The number of para-hydroxylation sites is 2. The molecular weight excluding hydrogens is 518 g/mol. The smallest absolute Gasteiger partial charge is 0.135 e. The summed E-state index contributed by atoms with van der Waals surface area (Å²) in [7, 11) is 0. The van der Waals surface area contributed by atoms with E-state index in [1.165, 1.54) is 41.7 Å². The molecule has 0 fully saturated rings. The molecular formula is C38H23NOS. The van der Waals surface area contributed by atoms with Gasteiger partial charge in [0.25, 0.3) is 0 Å². The molecule has 0 atom stereocenters. The molecule has 3 heteroatoms. The van der Waals surface area contributed by atoms with Gasteiger partial charge in [-0.05, 0) is 88.3 Å². The second-order valence-electron chi connectivity index (χ2n) is 10.6. The number of hydrogen-bond donors (Lipinski definition) is 0. The van der Waals surface area contributed by atoms with Crippen molar-refractivity contribution < 1.29 is 4.42 Å². The molecule has 7 aromatic carbocycles. The lowest BCUT2D eigenvalue weighted by molar-refractivity contribution is 0.669. The third kappa shape index (κ3) is 3.49. The SMILES string of the molecule is c1ccc(N(c2ccc3ccc4cc5sc6ccccc6c5cc4c3c2)c2ccc3oc4ccccc4c3c2)cc1. The van der Waals surface area contributed by atoms with Crippen LogP contribution >= 0.6 is 11.3 Å². The van der Waals surface area contributed by atoms with Crippen LogP contribution in [-0.2, 0) is 0 Å². The summed E-state index contributed by atoms with van der Waals surface area (Å²) in [5.41, 5.74) is 5.15. The molecule has 0 aliphatic heterocycles. The van der Waals surface area contributed by atoms with Gasteiger partial charge in [-0.1, -0.05) is 72.8 Å². The molecule has 0 bridgehead atoms. The van der Waals surface area contributed by atoms with Crippen molar-refractivity contribution in [1.82, 2.24) is 0 Å². The van der Waals surface area contributed by atoms with E-state index >= 15 is 0 Å². The summed E-state index contributed by atoms with van der Waals surface area (Å²) >= 11 is 1.87. The highest BCUT2D eigenvalue weighted by Gasteiger charge is 2.16. The van der Waals surface area contributed by atoms with E-state index in [1.54, 1.807) is 0 Å². The summed E-state index contributed by atoms with van der Waals surface area (Å²) in [6, 6.07) is 50.2. The third-order valence-electron chi connectivity index (χ3n) is 8.21. The number of fused-ring (bicyclic) bond motifs is 9. The lowest BCUT2D eigenvalue weighted by atomic mass is 9.99. The van der Waals surface area contributed by atoms with Crippen LogP contribution in [0.3, 0.4) is 0 Å². The Kier molecular flexibility index (Phi) is 4.80. The van der Waals surface area contributed by atoms with Crippen LogP contribution in [0.15, 0.2) is 144 Å². The average molecular weight is 542 g/mol. The number of furan rings is 1. The van der Waals surface area contributed by atoms with Gasteiger partial charge in [0.05, 0.1) is 0 Å². The minimum Gasteiger partial charge on any atom is -0.456 e. The van der Waals surface area contributed by atoms with Crippen LogP contribution < -0.4 is 4.90 Å². The topological polar surface area (TPSA) is 16.4 Å². The molecule has 2 nitrogen and oxygen atoms in total. The van der Waals surface area contributed by atoms with Crippen LogP contribution in [0.5, 0.6) is 0 Å². The highest BCUT2D eigenvalue weighted by Crippen LogP contribution is 2.42. The molecule has 41 heavy (non-hydrogen) atoms. The van der Waals surface area contributed by atoms with Crippen molar-refractivity contribution in [3.63, 3.8) is 0 Å². The Morgan fingerprint density at radius 3 is 1.95 bits per heavy atom. The van der Waals surface area contributed by atoms with Crippen molar-refractivity contribution in [3.05, 3.63) is 140 Å². The van der Waals surface area contributed by atoms with Crippen molar-refractivity contribution in [2.24, 2.45) is 0 Å². The fourth-order valence-electron chi connectivity index (χ4n) is 6.28. The second kappa shape index (κ2) is 8.69. The van der Waals surface area contributed by atoms with Crippen LogP contribution in [0, 0.1) is 0 Å². The summed E-state index contributed by atoms with van der Waals surface area (Å²) in [4.78, 5) is 2.35. The van der Waals surface area contributed by atoms with E-state index in [0.717, 1.165) is 39.0 Å². The van der Waals surface area contributed by atoms with E-state index in [0.29, 0.717) is 0 Å². The van der Waals surface area contributed by atoms with Gasteiger partial charge in [0, 0.05) is 48.0 Å². The largest absolute Gasteiger partial charge is 0.456 e. The first kappa shape index (κ1) is 22.7. The molecule has 0 unspecified atom stereocenters. The Morgan fingerprint density at radius 2 is 1.05 bits per heavy atom. The zero-order chi connectivity index (χ0) is 26.9. The van der Waals surface area contributed by atoms with Crippen molar-refractivity contribution in [2.75, 3.05) is 4.90 Å². The van der Waals surface area contributed by atoms with E-state index in [2.05, 4.69) is 132 Å². The van der Waals surface area contributed by atoms with Gasteiger partial charge in [-0.2, -0.15) is 0 Å². The second-order valence-corrected chi connectivity index (χ2v) is 11.7. The van der Waals surface area contributed by atoms with Gasteiger partial charge in [-0.25, -0.2) is 0 Å². The van der Waals surface area contributed by atoms with Crippen LogP contribution in [-0.4, -0.2) is 0 Å². The fraction of sp³-hybridized carbons (Fsp3) is 0. The first-order valence-electron chi connectivity index (χ1n) is 13.8. The molecule has 0 aliphatic rings. The van der Waals surface area contributed by atoms with Crippen LogP contribution in [0.25, 0.3) is 63.7 Å². The Morgan fingerprint density at radius 1 is 0.390 bits per heavy atom. The monoisotopic (exact) mass is 541 g/mol. The first-order valence-corrected chi connectivity index (χ1v) is 14.7. The predicted octanol–water partition coefficient (Wildman–Crippen LogP) is 11.7. The van der Waals surface area contributed by atoms with Gasteiger partial charge in [-0.3, -0.25) is 0 Å². The molecule has 2 heterocycles. The van der Waals surface area contributed by atoms with Gasteiger partial charge < -0.3 is 9.32 Å². The summed E-state index contributed by atoms with van der Waals surface area (Å²) < 4.78 is 8.81. The van der Waals surface area contributed by atoms with Crippen molar-refractivity contribution >= 4 is 92.1 Å². The summed E-state index contributed by atoms with van der Waals surface area (Å²) in [6.07, 6.45) is 0. The molecule has 9 rings (SSSR count). The average Bonchev–Trinajstić information content (AvgIpc) is 3.58. The molecule has 0 N–H and O–H groups in total. The van der Waals surface area contributed by atoms with Gasteiger partial charge in [0.15, 0.2) is 0 Å². The zero-order valence-corrected chi connectivity index (χ0v) is 22.9. The highest BCUT2D eigenvalue weighted by molar-refractivity contribution is 7.25. The van der Waals surface area contributed by atoms with E-state index in [-0.39, 0.29) is 0 Å². The standard InChI is InChI=1S/C38H23NOS/c1-2-8-26(9-3-1)39(28-18-19-36-33(22-28)29-10-4-6-12-35(29)40-36)27-17-16-24-14-15-25-20-38-34(23-32(25)31(24)21-27)30-11-5-7-13-37(30)41-38/h1-23H. The minimum atomic E-state index is 0.902. The Labute approximate surface area is 240 Å². The summed E-state index contributed by atoms with van der Waals surface area (Å²) in [6.45, 7) is 0. The first-order chi connectivity index (χ1) is 20.3. The molecule has 0 saturated heterocycles. The maximum atomic E-state index is 6.15. The van der Waals surface area contributed by atoms with Gasteiger partial charge in [-0.15, -0.1) is 11.3 Å². The van der Waals surface area contributed by atoms with E-state index < -0.39 is 0 Å². The van der Waals surface area contributed by atoms with Crippen LogP contribution in [0.1, 0.15) is 0 Å². The molecule has 0 amide bonds. The van der Waals surface area contributed by atoms with Crippen LogP contribution in [0.2, 0.25) is 0 Å². The summed E-state index contributed by atoms with van der Waals surface area (Å²) in [5.74, 6) is 0. The highest BCUT2D eigenvalue weighted by atomic mass is 32.1. The minimum absolute atomic E-state index is 0.902. The maximum Gasteiger partial charge on any atom is 0.135 e. The normalized spacial score (nSPS) is 11.9. The Hall–Kier alpha value is -5.12. The number of benzene rings is 7. The molecule has 0 spiro atoms. The van der Waals surface area contributed by atoms with Crippen molar-refractivity contribution in [3.8, 4) is 0 Å². The Balaban J connectivity index is 1.30. The number of nitrogens with zero attached hydrogens (tertiary/aromatic N) is 1. The molecule has 9 aromatic rings. The quantitative estimate of drug-likeness (QED) is 0.207. The maximum absolute atomic E-state index is 6.15. The molecule has 0 radical (unpaired) electrons. The molecule has 0 saturated carbocycles. The van der Waals surface area contributed by atoms with Gasteiger partial charge in [0.1, 0.15) is 11.2 Å². The lowest BCUT2D eigenvalue weighted by Crippen LogP contribution is -2.09. The lowest BCUT2D eigenvalue weighted by Gasteiger charge is -2.26.